The van der Waals surface area contributed by atoms with E-state index in [1.807, 2.05) is 0 Å². The van der Waals surface area contributed by atoms with Crippen molar-refractivity contribution in [2.75, 3.05) is 13.7 Å². The Bertz CT molecular complexity index is 529. The molecule has 3 N–H and O–H groups in total. The SMILES string of the molecule is CO[C@@H]1[C@H](O)[C@@H](CO)O[C@H]1n1ccc(=O)[nH]c1=O.Cl. The minimum Gasteiger partial charge on any atom is -0.394 e. The fourth-order valence-corrected chi connectivity index (χ4v) is 1.98. The molecule has 0 spiro atoms. The number of halogens is 1. The number of methoxy groups -OCH3 is 1. The quantitative estimate of drug-likeness (QED) is 0.607. The largest absolute Gasteiger partial charge is 0.394 e. The van der Waals surface area contributed by atoms with Crippen LogP contribution in [0, 0.1) is 0 Å². The van der Waals surface area contributed by atoms with Crippen LogP contribution in [0.1, 0.15) is 6.23 Å². The highest BCUT2D eigenvalue weighted by Gasteiger charge is 2.45. The molecule has 1 aromatic heterocycles. The lowest BCUT2D eigenvalue weighted by Crippen LogP contribution is -2.38. The second-order valence-electron chi connectivity index (χ2n) is 3.96. The first kappa shape index (κ1) is 15.9. The third-order valence-electron chi connectivity index (χ3n) is 2.89. The summed E-state index contributed by atoms with van der Waals surface area (Å²) in [7, 11) is 1.36. The number of nitrogens with zero attached hydrogens (tertiary/aromatic N) is 1. The van der Waals surface area contributed by atoms with Gasteiger partial charge in [0.15, 0.2) is 6.23 Å². The lowest BCUT2D eigenvalue weighted by Gasteiger charge is -2.19. The molecule has 1 aromatic rings. The molecule has 1 fully saturated rings. The van der Waals surface area contributed by atoms with E-state index in [-0.39, 0.29) is 12.4 Å². The van der Waals surface area contributed by atoms with Crippen molar-refractivity contribution in [3.8, 4) is 0 Å². The fraction of sp³-hybridized carbons (Fsp3) is 0.600. The summed E-state index contributed by atoms with van der Waals surface area (Å²) in [5, 5.41) is 18.9. The maximum Gasteiger partial charge on any atom is 0.330 e. The summed E-state index contributed by atoms with van der Waals surface area (Å²) >= 11 is 0. The van der Waals surface area contributed by atoms with E-state index in [0.717, 1.165) is 10.6 Å². The maximum absolute atomic E-state index is 11.6. The van der Waals surface area contributed by atoms with Crippen LogP contribution >= 0.6 is 12.4 Å². The number of hydrogen-bond donors (Lipinski definition) is 3. The predicted molar refractivity (Wildman–Crippen MR) is 66.4 cm³/mol. The van der Waals surface area contributed by atoms with Crippen LogP contribution in [-0.4, -0.2) is 51.8 Å². The topological polar surface area (TPSA) is 114 Å². The molecule has 2 rings (SSSR count). The molecule has 0 amide bonds. The van der Waals surface area contributed by atoms with Gasteiger partial charge >= 0.3 is 5.69 Å². The molecule has 0 saturated carbocycles. The maximum atomic E-state index is 11.6. The second-order valence-corrected chi connectivity index (χ2v) is 3.96. The number of ether oxygens (including phenoxy) is 2. The van der Waals surface area contributed by atoms with Crippen LogP contribution in [0.2, 0.25) is 0 Å². The zero-order valence-electron chi connectivity index (χ0n) is 10.1. The van der Waals surface area contributed by atoms with Gasteiger partial charge in [-0.15, -0.1) is 12.4 Å². The molecule has 19 heavy (non-hydrogen) atoms. The molecule has 0 bridgehead atoms. The number of aliphatic hydroxyl groups excluding tert-OH is 2. The molecule has 1 aliphatic rings. The van der Waals surface area contributed by atoms with Crippen molar-refractivity contribution in [2.45, 2.75) is 24.5 Å². The standard InChI is InChI=1S/C10H14N2O6.ClH/c1-17-8-7(15)5(4-13)18-9(8)12-3-2-6(14)11-10(12)16;/h2-3,5,7-9,13,15H,4H2,1H3,(H,11,14,16);1H/t5-,7-,8-,9-;/m1./s1. The van der Waals surface area contributed by atoms with Crippen molar-refractivity contribution < 1.29 is 19.7 Å². The first-order valence-electron chi connectivity index (χ1n) is 5.37. The van der Waals surface area contributed by atoms with Crippen molar-refractivity contribution in [1.29, 1.82) is 0 Å². The van der Waals surface area contributed by atoms with Gasteiger partial charge in [0.25, 0.3) is 5.56 Å². The number of hydrogen-bond acceptors (Lipinski definition) is 6. The molecule has 8 nitrogen and oxygen atoms in total. The van der Waals surface area contributed by atoms with Crippen LogP contribution in [0.4, 0.5) is 0 Å². The predicted octanol–water partition coefficient (Wildman–Crippen LogP) is -1.78. The zero-order chi connectivity index (χ0) is 13.3. The van der Waals surface area contributed by atoms with E-state index in [0.29, 0.717) is 0 Å². The third kappa shape index (κ3) is 2.88. The van der Waals surface area contributed by atoms with E-state index in [1.54, 1.807) is 0 Å². The molecule has 2 heterocycles. The molecular weight excluding hydrogens is 280 g/mol. The Balaban J connectivity index is 0.00000180. The molecule has 1 aliphatic heterocycles. The van der Waals surface area contributed by atoms with E-state index < -0.39 is 42.4 Å². The lowest BCUT2D eigenvalue weighted by molar-refractivity contribution is -0.0625. The van der Waals surface area contributed by atoms with Crippen LogP contribution in [-0.2, 0) is 9.47 Å². The molecule has 108 valence electrons. The number of aromatic amines is 1. The van der Waals surface area contributed by atoms with E-state index in [1.165, 1.54) is 13.3 Å². The lowest BCUT2D eigenvalue weighted by atomic mass is 10.1. The smallest absolute Gasteiger partial charge is 0.330 e. The zero-order valence-corrected chi connectivity index (χ0v) is 10.9. The Morgan fingerprint density at radius 1 is 1.53 bits per heavy atom. The van der Waals surface area contributed by atoms with Crippen LogP contribution < -0.4 is 11.2 Å². The number of H-pyrrole nitrogens is 1. The molecule has 1 saturated heterocycles. The normalized spacial score (nSPS) is 30.1. The molecule has 0 aromatic carbocycles. The van der Waals surface area contributed by atoms with Gasteiger partial charge in [0, 0.05) is 19.4 Å². The van der Waals surface area contributed by atoms with E-state index >= 15 is 0 Å². The van der Waals surface area contributed by atoms with Gasteiger partial charge in [-0.3, -0.25) is 14.3 Å². The number of aromatic nitrogens is 2. The minimum atomic E-state index is -1.05. The van der Waals surface area contributed by atoms with Gasteiger partial charge in [0.1, 0.15) is 18.3 Å². The van der Waals surface area contributed by atoms with Crippen LogP contribution in [0.5, 0.6) is 0 Å². The summed E-state index contributed by atoms with van der Waals surface area (Å²) in [5.74, 6) is 0. The molecule has 0 radical (unpaired) electrons. The Morgan fingerprint density at radius 2 is 2.21 bits per heavy atom. The number of aliphatic hydroxyl groups is 2. The van der Waals surface area contributed by atoms with Gasteiger partial charge in [-0.25, -0.2) is 4.79 Å². The Morgan fingerprint density at radius 3 is 2.74 bits per heavy atom. The Labute approximate surface area is 114 Å². The van der Waals surface area contributed by atoms with Crippen LogP contribution in [0.3, 0.4) is 0 Å². The van der Waals surface area contributed by atoms with Gasteiger partial charge in [-0.1, -0.05) is 0 Å². The average Bonchev–Trinajstić information content (AvgIpc) is 2.65. The summed E-state index contributed by atoms with van der Waals surface area (Å²) in [5.41, 5.74) is -1.19. The third-order valence-corrected chi connectivity index (χ3v) is 2.89. The molecule has 4 atom stereocenters. The second kappa shape index (κ2) is 6.31. The van der Waals surface area contributed by atoms with Gasteiger partial charge in [0.05, 0.1) is 6.61 Å². The van der Waals surface area contributed by atoms with Crippen LogP contribution in [0.15, 0.2) is 21.9 Å². The van der Waals surface area contributed by atoms with E-state index in [9.17, 15) is 14.7 Å². The average molecular weight is 295 g/mol. The van der Waals surface area contributed by atoms with Crippen molar-refractivity contribution in [3.63, 3.8) is 0 Å². The highest BCUT2D eigenvalue weighted by atomic mass is 35.5. The van der Waals surface area contributed by atoms with Crippen molar-refractivity contribution in [2.24, 2.45) is 0 Å². The number of nitrogens with one attached hydrogen (secondary N) is 1. The van der Waals surface area contributed by atoms with Gasteiger partial charge in [0.2, 0.25) is 0 Å². The van der Waals surface area contributed by atoms with Crippen molar-refractivity contribution in [3.05, 3.63) is 33.1 Å². The molecular formula is C10H15ClN2O6. The van der Waals surface area contributed by atoms with Gasteiger partial charge in [-0.2, -0.15) is 0 Å². The summed E-state index contributed by atoms with van der Waals surface area (Å²) in [6.45, 7) is -0.393. The van der Waals surface area contributed by atoms with Crippen molar-refractivity contribution >= 4 is 12.4 Å². The number of rotatable bonds is 3. The minimum absolute atomic E-state index is 0. The summed E-state index contributed by atoms with van der Waals surface area (Å²) < 4.78 is 11.5. The summed E-state index contributed by atoms with van der Waals surface area (Å²) in [4.78, 5) is 24.7. The first-order valence-corrected chi connectivity index (χ1v) is 5.37. The Hall–Kier alpha value is -1.19. The molecule has 0 aliphatic carbocycles. The summed E-state index contributed by atoms with van der Waals surface area (Å²) in [6, 6.07) is 1.16. The monoisotopic (exact) mass is 294 g/mol. The first-order chi connectivity index (χ1) is 8.58. The van der Waals surface area contributed by atoms with Crippen LogP contribution in [0.25, 0.3) is 0 Å². The van der Waals surface area contributed by atoms with Crippen molar-refractivity contribution in [1.82, 2.24) is 9.55 Å². The van der Waals surface area contributed by atoms with E-state index in [2.05, 4.69) is 4.98 Å². The Kier molecular flexibility index (Phi) is 5.27. The molecule has 9 heteroatoms. The summed E-state index contributed by atoms with van der Waals surface area (Å²) in [6.07, 6.45) is -2.33. The molecule has 0 unspecified atom stereocenters. The fourth-order valence-electron chi connectivity index (χ4n) is 1.98. The van der Waals surface area contributed by atoms with Gasteiger partial charge < -0.3 is 19.7 Å². The van der Waals surface area contributed by atoms with E-state index in [4.69, 9.17) is 14.6 Å². The van der Waals surface area contributed by atoms with Gasteiger partial charge in [-0.05, 0) is 0 Å². The highest BCUT2D eigenvalue weighted by Crippen LogP contribution is 2.29. The highest BCUT2D eigenvalue weighted by molar-refractivity contribution is 5.85.